The molecule has 1 N–H and O–H groups in total. The van der Waals surface area contributed by atoms with Gasteiger partial charge in [-0.05, 0) is 42.9 Å². The maximum atomic E-state index is 12.1. The van der Waals surface area contributed by atoms with E-state index >= 15 is 0 Å². The van der Waals surface area contributed by atoms with Gasteiger partial charge in [-0.2, -0.15) is 0 Å². The fourth-order valence-electron chi connectivity index (χ4n) is 3.00. The summed E-state index contributed by atoms with van der Waals surface area (Å²) in [5, 5.41) is 3.46. The molecule has 0 spiro atoms. The van der Waals surface area contributed by atoms with E-state index in [1.165, 1.54) is 10.5 Å². The first-order chi connectivity index (χ1) is 9.60. The van der Waals surface area contributed by atoms with Crippen molar-refractivity contribution in [3.8, 4) is 0 Å². The minimum Gasteiger partial charge on any atom is -0.326 e. The molecule has 1 atom stereocenters. The van der Waals surface area contributed by atoms with Crippen LogP contribution in [0.2, 0.25) is 5.02 Å². The van der Waals surface area contributed by atoms with Gasteiger partial charge in [0.25, 0.3) is 5.91 Å². The Morgan fingerprint density at radius 1 is 1.35 bits per heavy atom. The smallest absolute Gasteiger partial charge is 0.325 e. The first-order valence-electron chi connectivity index (χ1n) is 6.99. The van der Waals surface area contributed by atoms with Crippen molar-refractivity contribution in [1.82, 2.24) is 10.2 Å². The predicted octanol–water partition coefficient (Wildman–Crippen LogP) is 2.92. The van der Waals surface area contributed by atoms with Crippen LogP contribution in [0.5, 0.6) is 0 Å². The van der Waals surface area contributed by atoms with Gasteiger partial charge in [0.15, 0.2) is 0 Å². The number of carbonyl (C=O) groups excluding carboxylic acids is 2. The zero-order chi connectivity index (χ0) is 14.3. The molecule has 4 nitrogen and oxygen atoms in total. The molecule has 0 bridgehead atoms. The first kappa shape index (κ1) is 13.4. The van der Waals surface area contributed by atoms with Crippen LogP contribution in [0.25, 0.3) is 0 Å². The maximum absolute atomic E-state index is 12.1. The number of imide groups is 1. The Morgan fingerprint density at radius 2 is 2.10 bits per heavy atom. The molecule has 1 aromatic rings. The van der Waals surface area contributed by atoms with Crippen LogP contribution in [0, 0.1) is 0 Å². The van der Waals surface area contributed by atoms with Gasteiger partial charge in [0.2, 0.25) is 0 Å². The van der Waals surface area contributed by atoms with Crippen molar-refractivity contribution in [3.63, 3.8) is 0 Å². The lowest BCUT2D eigenvalue weighted by Crippen LogP contribution is -2.47. The third-order valence-electron chi connectivity index (χ3n) is 4.26. The number of urea groups is 1. The van der Waals surface area contributed by atoms with Crippen LogP contribution in [-0.2, 0) is 4.79 Å². The van der Waals surface area contributed by atoms with E-state index < -0.39 is 0 Å². The van der Waals surface area contributed by atoms with Gasteiger partial charge in [0, 0.05) is 11.1 Å². The van der Waals surface area contributed by atoms with Gasteiger partial charge in [0.1, 0.15) is 6.04 Å². The lowest BCUT2D eigenvalue weighted by molar-refractivity contribution is -0.130. The van der Waals surface area contributed by atoms with Crippen molar-refractivity contribution in [2.24, 2.45) is 0 Å². The third kappa shape index (κ3) is 2.18. The topological polar surface area (TPSA) is 49.4 Å². The molecule has 2 aliphatic rings. The van der Waals surface area contributed by atoms with Gasteiger partial charge in [-0.25, -0.2) is 4.79 Å². The molecule has 3 rings (SSSR count). The van der Waals surface area contributed by atoms with Gasteiger partial charge in [0.05, 0.1) is 0 Å². The highest BCUT2D eigenvalue weighted by molar-refractivity contribution is 6.30. The highest BCUT2D eigenvalue weighted by atomic mass is 35.5. The van der Waals surface area contributed by atoms with Gasteiger partial charge in [-0.1, -0.05) is 30.7 Å². The van der Waals surface area contributed by atoms with E-state index in [1.807, 2.05) is 31.2 Å². The number of benzene rings is 1. The van der Waals surface area contributed by atoms with Crippen LogP contribution >= 0.6 is 11.6 Å². The van der Waals surface area contributed by atoms with Crippen molar-refractivity contribution in [3.05, 3.63) is 34.9 Å². The summed E-state index contributed by atoms with van der Waals surface area (Å²) in [5.74, 6) is 0.312. The van der Waals surface area contributed by atoms with Crippen LogP contribution in [0.3, 0.4) is 0 Å². The van der Waals surface area contributed by atoms with E-state index in [2.05, 4.69) is 5.32 Å². The molecule has 1 aromatic carbocycles. The highest BCUT2D eigenvalue weighted by Crippen LogP contribution is 2.41. The Hall–Kier alpha value is -1.55. The quantitative estimate of drug-likeness (QED) is 0.871. The second kappa shape index (κ2) is 5.09. The number of amides is 3. The van der Waals surface area contributed by atoms with Crippen molar-refractivity contribution in [2.75, 3.05) is 0 Å². The van der Waals surface area contributed by atoms with Crippen molar-refractivity contribution < 1.29 is 9.59 Å². The number of rotatable bonds is 3. The van der Waals surface area contributed by atoms with Gasteiger partial charge in [-0.15, -0.1) is 0 Å². The third-order valence-corrected chi connectivity index (χ3v) is 4.49. The predicted molar refractivity (Wildman–Crippen MR) is 76.7 cm³/mol. The monoisotopic (exact) mass is 292 g/mol. The zero-order valence-electron chi connectivity index (χ0n) is 11.3. The zero-order valence-corrected chi connectivity index (χ0v) is 12.1. The number of nitrogens with zero attached hydrogens (tertiary/aromatic N) is 1. The summed E-state index contributed by atoms with van der Waals surface area (Å²) in [4.78, 5) is 25.4. The SMILES string of the molecule is CCC1NC(=O)N(C2CC(c3cccc(Cl)c3)C2)C1=O. The second-order valence-electron chi connectivity index (χ2n) is 5.50. The molecule has 1 saturated heterocycles. The summed E-state index contributed by atoms with van der Waals surface area (Å²) in [6, 6.07) is 7.25. The summed E-state index contributed by atoms with van der Waals surface area (Å²) in [6.07, 6.45) is 2.30. The number of nitrogens with one attached hydrogen (secondary N) is 1. The van der Waals surface area contributed by atoms with E-state index in [-0.39, 0.29) is 24.0 Å². The van der Waals surface area contributed by atoms with E-state index in [0.717, 1.165) is 17.9 Å². The maximum Gasteiger partial charge on any atom is 0.325 e. The van der Waals surface area contributed by atoms with E-state index in [0.29, 0.717) is 12.3 Å². The Morgan fingerprint density at radius 3 is 2.70 bits per heavy atom. The standard InChI is InChI=1S/C15H17ClN2O2/c1-2-13-14(19)18(15(20)17-13)12-7-10(8-12)9-4-3-5-11(16)6-9/h3-6,10,12-13H,2,7-8H2,1H3,(H,17,20). The van der Waals surface area contributed by atoms with Gasteiger partial charge < -0.3 is 5.32 Å². The van der Waals surface area contributed by atoms with Crippen molar-refractivity contribution in [2.45, 2.75) is 44.2 Å². The van der Waals surface area contributed by atoms with E-state index in [4.69, 9.17) is 11.6 Å². The molecule has 1 saturated carbocycles. The van der Waals surface area contributed by atoms with Crippen LogP contribution in [0.1, 0.15) is 37.7 Å². The summed E-state index contributed by atoms with van der Waals surface area (Å²) in [7, 11) is 0. The fraction of sp³-hybridized carbons (Fsp3) is 0.467. The minimum atomic E-state index is -0.340. The van der Waals surface area contributed by atoms with Crippen molar-refractivity contribution >= 4 is 23.5 Å². The molecule has 0 radical (unpaired) electrons. The molecule has 3 amide bonds. The number of hydrogen-bond donors (Lipinski definition) is 1. The molecular weight excluding hydrogens is 276 g/mol. The van der Waals surface area contributed by atoms with Gasteiger partial charge in [-0.3, -0.25) is 9.69 Å². The Bertz CT molecular complexity index is 555. The van der Waals surface area contributed by atoms with Crippen LogP contribution in [0.4, 0.5) is 4.79 Å². The van der Waals surface area contributed by atoms with Crippen LogP contribution < -0.4 is 5.32 Å². The molecule has 2 fully saturated rings. The number of carbonyl (C=O) groups is 2. The Kier molecular flexibility index (Phi) is 3.42. The number of hydrogen-bond acceptors (Lipinski definition) is 2. The number of halogens is 1. The normalized spacial score (nSPS) is 29.3. The Labute approximate surface area is 123 Å². The summed E-state index contributed by atoms with van der Waals surface area (Å²) in [5.41, 5.74) is 1.19. The van der Waals surface area contributed by atoms with E-state index in [9.17, 15) is 9.59 Å². The van der Waals surface area contributed by atoms with Crippen LogP contribution in [-0.4, -0.2) is 28.9 Å². The molecule has 1 heterocycles. The van der Waals surface area contributed by atoms with E-state index in [1.54, 1.807) is 0 Å². The largest absolute Gasteiger partial charge is 0.326 e. The average Bonchev–Trinajstić information content (AvgIpc) is 2.64. The summed E-state index contributed by atoms with van der Waals surface area (Å²) < 4.78 is 0. The van der Waals surface area contributed by atoms with Crippen molar-refractivity contribution in [1.29, 1.82) is 0 Å². The lowest BCUT2D eigenvalue weighted by atomic mass is 9.75. The molecule has 1 aliphatic heterocycles. The molecule has 20 heavy (non-hydrogen) atoms. The molecule has 1 unspecified atom stereocenters. The molecule has 106 valence electrons. The minimum absolute atomic E-state index is 0.0306. The van der Waals surface area contributed by atoms with Gasteiger partial charge >= 0.3 is 6.03 Å². The molecular formula is C15H17ClN2O2. The second-order valence-corrected chi connectivity index (χ2v) is 5.93. The lowest BCUT2D eigenvalue weighted by Gasteiger charge is -2.39. The highest BCUT2D eigenvalue weighted by Gasteiger charge is 2.46. The molecule has 5 heteroatoms. The first-order valence-corrected chi connectivity index (χ1v) is 7.37. The Balaban J connectivity index is 1.66. The average molecular weight is 293 g/mol. The fourth-order valence-corrected chi connectivity index (χ4v) is 3.20. The molecule has 1 aliphatic carbocycles. The summed E-state index contributed by atoms with van der Waals surface area (Å²) in [6.45, 7) is 1.90. The molecule has 0 aromatic heterocycles. The summed E-state index contributed by atoms with van der Waals surface area (Å²) >= 11 is 5.99. The van der Waals surface area contributed by atoms with Crippen LogP contribution in [0.15, 0.2) is 24.3 Å².